The molecule has 4 heteroatoms. The van der Waals surface area contributed by atoms with Crippen molar-refractivity contribution in [3.8, 4) is 0 Å². The Kier molecular flexibility index (Phi) is 2.18. The fraction of sp³-hybridized carbons (Fsp3) is 0.900. The van der Waals surface area contributed by atoms with Crippen LogP contribution in [0.4, 0.5) is 4.79 Å². The molecule has 2 fully saturated rings. The monoisotopic (exact) mass is 198 g/mol. The molecule has 14 heavy (non-hydrogen) atoms. The summed E-state index contributed by atoms with van der Waals surface area (Å²) in [6.45, 7) is 7.84. The van der Waals surface area contributed by atoms with Crippen LogP contribution in [0.5, 0.6) is 0 Å². The molecule has 0 spiro atoms. The minimum absolute atomic E-state index is 0.165. The molecule has 0 aromatic heterocycles. The van der Waals surface area contributed by atoms with Crippen LogP contribution >= 0.6 is 0 Å². The highest BCUT2D eigenvalue weighted by molar-refractivity contribution is 5.68. The molecule has 1 aliphatic heterocycles. The lowest BCUT2D eigenvalue weighted by atomic mass is 10.1. The standard InChI is InChI=1S/C10H18N2O2/c1-10(2,3)12-9(13)14-8-6-4-11-5-7(6)8/h6-8,11H,4-5H2,1-3H3,(H,12,13). The molecule has 1 amide bonds. The van der Waals surface area contributed by atoms with Gasteiger partial charge in [-0.1, -0.05) is 0 Å². The van der Waals surface area contributed by atoms with Crippen LogP contribution in [0.25, 0.3) is 0 Å². The van der Waals surface area contributed by atoms with E-state index in [1.165, 1.54) is 0 Å². The lowest BCUT2D eigenvalue weighted by molar-refractivity contribution is 0.118. The van der Waals surface area contributed by atoms with E-state index in [0.29, 0.717) is 11.8 Å². The first kappa shape index (κ1) is 9.77. The lowest BCUT2D eigenvalue weighted by Crippen LogP contribution is -2.41. The number of ether oxygens (including phenoxy) is 1. The van der Waals surface area contributed by atoms with Crippen LogP contribution in [0, 0.1) is 11.8 Å². The predicted molar refractivity (Wildman–Crippen MR) is 53.0 cm³/mol. The zero-order valence-electron chi connectivity index (χ0n) is 8.96. The quantitative estimate of drug-likeness (QED) is 0.653. The second kappa shape index (κ2) is 3.12. The van der Waals surface area contributed by atoms with Crippen molar-refractivity contribution in [2.45, 2.75) is 32.4 Å². The fourth-order valence-electron chi connectivity index (χ4n) is 2.00. The van der Waals surface area contributed by atoms with Crippen molar-refractivity contribution in [1.29, 1.82) is 0 Å². The van der Waals surface area contributed by atoms with Crippen molar-refractivity contribution >= 4 is 6.09 Å². The smallest absolute Gasteiger partial charge is 0.407 e. The van der Waals surface area contributed by atoms with E-state index in [1.807, 2.05) is 20.8 Å². The van der Waals surface area contributed by atoms with Crippen molar-refractivity contribution < 1.29 is 9.53 Å². The number of hydrogen-bond donors (Lipinski definition) is 2. The largest absolute Gasteiger partial charge is 0.446 e. The molecular weight excluding hydrogens is 180 g/mol. The third-order valence-electron chi connectivity index (χ3n) is 2.73. The van der Waals surface area contributed by atoms with E-state index in [2.05, 4.69) is 10.6 Å². The molecule has 2 rings (SSSR count). The van der Waals surface area contributed by atoms with Gasteiger partial charge in [-0.25, -0.2) is 4.79 Å². The number of alkyl carbamates (subject to hydrolysis) is 1. The molecule has 2 atom stereocenters. The Morgan fingerprint density at radius 1 is 1.36 bits per heavy atom. The summed E-state index contributed by atoms with van der Waals surface area (Å²) < 4.78 is 5.31. The Balaban J connectivity index is 1.74. The average molecular weight is 198 g/mol. The van der Waals surface area contributed by atoms with Gasteiger partial charge in [0.25, 0.3) is 0 Å². The average Bonchev–Trinajstić information content (AvgIpc) is 2.50. The lowest BCUT2D eigenvalue weighted by Gasteiger charge is -2.20. The van der Waals surface area contributed by atoms with Gasteiger partial charge in [0.1, 0.15) is 6.10 Å². The van der Waals surface area contributed by atoms with Crippen LogP contribution in [-0.2, 0) is 4.74 Å². The molecule has 1 heterocycles. The second-order valence-corrected chi connectivity index (χ2v) is 5.23. The summed E-state index contributed by atoms with van der Waals surface area (Å²) in [5.41, 5.74) is -0.209. The van der Waals surface area contributed by atoms with Crippen LogP contribution in [0.2, 0.25) is 0 Å². The number of rotatable bonds is 1. The topological polar surface area (TPSA) is 50.4 Å². The molecule has 0 aromatic rings. The van der Waals surface area contributed by atoms with Crippen molar-refractivity contribution in [2.24, 2.45) is 11.8 Å². The van der Waals surface area contributed by atoms with Crippen LogP contribution in [-0.4, -0.2) is 30.8 Å². The van der Waals surface area contributed by atoms with Gasteiger partial charge in [0, 0.05) is 30.5 Å². The zero-order chi connectivity index (χ0) is 10.3. The Hall–Kier alpha value is -0.770. The summed E-state index contributed by atoms with van der Waals surface area (Å²) in [5, 5.41) is 6.06. The number of piperidine rings is 1. The van der Waals surface area contributed by atoms with Crippen molar-refractivity contribution in [2.75, 3.05) is 13.1 Å². The fourth-order valence-corrected chi connectivity index (χ4v) is 2.00. The Bertz CT molecular complexity index is 237. The van der Waals surface area contributed by atoms with Gasteiger partial charge in [-0.15, -0.1) is 0 Å². The molecule has 0 bridgehead atoms. The highest BCUT2D eigenvalue weighted by Crippen LogP contribution is 2.44. The van der Waals surface area contributed by atoms with Crippen LogP contribution < -0.4 is 10.6 Å². The molecule has 2 aliphatic rings. The maximum absolute atomic E-state index is 11.4. The number of hydrogen-bond acceptors (Lipinski definition) is 3. The van der Waals surface area contributed by atoms with E-state index in [0.717, 1.165) is 13.1 Å². The third kappa shape index (κ3) is 2.00. The molecular formula is C10H18N2O2. The van der Waals surface area contributed by atoms with Crippen LogP contribution in [0.3, 0.4) is 0 Å². The van der Waals surface area contributed by atoms with Gasteiger partial charge in [0.05, 0.1) is 0 Å². The zero-order valence-corrected chi connectivity index (χ0v) is 8.96. The van der Waals surface area contributed by atoms with Crippen molar-refractivity contribution in [3.63, 3.8) is 0 Å². The number of nitrogens with one attached hydrogen (secondary N) is 2. The summed E-state index contributed by atoms with van der Waals surface area (Å²) in [4.78, 5) is 11.4. The SMILES string of the molecule is CC(C)(C)NC(=O)OC1C2CNCC21. The highest BCUT2D eigenvalue weighted by Gasteiger charge is 2.56. The normalized spacial score (nSPS) is 34.9. The van der Waals surface area contributed by atoms with Gasteiger partial charge < -0.3 is 15.4 Å². The third-order valence-corrected chi connectivity index (χ3v) is 2.73. The Labute approximate surface area is 84.4 Å². The molecule has 1 saturated heterocycles. The van der Waals surface area contributed by atoms with Gasteiger partial charge in [0.2, 0.25) is 0 Å². The predicted octanol–water partition coefficient (Wildman–Crippen LogP) is 0.729. The molecule has 2 unspecified atom stereocenters. The molecule has 1 saturated carbocycles. The van der Waals surface area contributed by atoms with Gasteiger partial charge in [-0.05, 0) is 20.8 Å². The first-order chi connectivity index (χ1) is 6.47. The molecule has 0 radical (unpaired) electrons. The van der Waals surface area contributed by atoms with E-state index in [4.69, 9.17) is 4.74 Å². The Morgan fingerprint density at radius 2 is 1.93 bits per heavy atom. The van der Waals surface area contributed by atoms with Crippen molar-refractivity contribution in [1.82, 2.24) is 10.6 Å². The molecule has 80 valence electrons. The molecule has 0 aromatic carbocycles. The van der Waals surface area contributed by atoms with Crippen LogP contribution in [0.15, 0.2) is 0 Å². The minimum Gasteiger partial charge on any atom is -0.446 e. The highest BCUT2D eigenvalue weighted by atomic mass is 16.6. The molecule has 2 N–H and O–H groups in total. The maximum Gasteiger partial charge on any atom is 0.407 e. The van der Waals surface area contributed by atoms with Crippen LogP contribution in [0.1, 0.15) is 20.8 Å². The number of fused-ring (bicyclic) bond motifs is 1. The number of carbonyl (C=O) groups excluding carboxylic acids is 1. The van der Waals surface area contributed by atoms with E-state index in [1.54, 1.807) is 0 Å². The molecule has 1 aliphatic carbocycles. The maximum atomic E-state index is 11.4. The second-order valence-electron chi connectivity index (χ2n) is 5.23. The van der Waals surface area contributed by atoms with E-state index < -0.39 is 0 Å². The first-order valence-electron chi connectivity index (χ1n) is 5.17. The first-order valence-corrected chi connectivity index (χ1v) is 5.17. The van der Waals surface area contributed by atoms with Gasteiger partial charge in [0.15, 0.2) is 0 Å². The summed E-state index contributed by atoms with van der Waals surface area (Å²) >= 11 is 0. The van der Waals surface area contributed by atoms with E-state index in [9.17, 15) is 4.79 Å². The Morgan fingerprint density at radius 3 is 2.43 bits per heavy atom. The van der Waals surface area contributed by atoms with Gasteiger partial charge in [-0.3, -0.25) is 0 Å². The summed E-state index contributed by atoms with van der Waals surface area (Å²) in [7, 11) is 0. The van der Waals surface area contributed by atoms with E-state index in [-0.39, 0.29) is 17.7 Å². The summed E-state index contributed by atoms with van der Waals surface area (Å²) in [5.74, 6) is 1.14. The van der Waals surface area contributed by atoms with E-state index >= 15 is 0 Å². The number of carbonyl (C=O) groups is 1. The van der Waals surface area contributed by atoms with Gasteiger partial charge >= 0.3 is 6.09 Å². The van der Waals surface area contributed by atoms with Gasteiger partial charge in [-0.2, -0.15) is 0 Å². The number of amides is 1. The minimum atomic E-state index is -0.281. The van der Waals surface area contributed by atoms with Crippen molar-refractivity contribution in [3.05, 3.63) is 0 Å². The summed E-state index contributed by atoms with van der Waals surface area (Å²) in [6, 6.07) is 0. The summed E-state index contributed by atoms with van der Waals surface area (Å²) in [6.07, 6.45) is -0.115. The molecule has 4 nitrogen and oxygen atoms in total.